The maximum absolute atomic E-state index is 12.3. The highest BCUT2D eigenvalue weighted by Gasteiger charge is 2.53. The van der Waals surface area contributed by atoms with Crippen molar-refractivity contribution in [3.05, 3.63) is 28.7 Å². The first-order chi connectivity index (χ1) is 8.99. The predicted octanol–water partition coefficient (Wildman–Crippen LogP) is 0.842. The second kappa shape index (κ2) is 4.82. The van der Waals surface area contributed by atoms with E-state index in [2.05, 4.69) is 20.7 Å². The van der Waals surface area contributed by atoms with Crippen molar-refractivity contribution in [2.75, 3.05) is 6.61 Å². The Labute approximate surface area is 120 Å². The van der Waals surface area contributed by atoms with Crippen LogP contribution in [0.4, 0.5) is 0 Å². The number of fused-ring (bicyclic) bond motifs is 1. The number of hydrogen-bond donors (Lipinski definition) is 2. The lowest BCUT2D eigenvalue weighted by Gasteiger charge is -2.45. The standard InChI is InChI=1S/C12H15BrN2O3S/c13-7-2-1-3-8(6-7)19(16,17)15-11-10(14)9-4-5-18-12(9)11/h1-3,6,9-12,15H,4-5,14H2. The molecule has 3 N–H and O–H groups in total. The molecule has 19 heavy (non-hydrogen) atoms. The monoisotopic (exact) mass is 346 g/mol. The third kappa shape index (κ3) is 2.34. The van der Waals surface area contributed by atoms with E-state index in [0.717, 1.165) is 10.9 Å². The van der Waals surface area contributed by atoms with Gasteiger partial charge in [-0.1, -0.05) is 22.0 Å². The zero-order chi connectivity index (χ0) is 13.6. The predicted molar refractivity (Wildman–Crippen MR) is 74.1 cm³/mol. The van der Waals surface area contributed by atoms with Gasteiger partial charge in [0.2, 0.25) is 10.0 Å². The second-order valence-electron chi connectivity index (χ2n) is 4.97. The number of rotatable bonds is 3. The summed E-state index contributed by atoms with van der Waals surface area (Å²) in [6.45, 7) is 0.665. The summed E-state index contributed by atoms with van der Waals surface area (Å²) in [5.41, 5.74) is 6.01. The summed E-state index contributed by atoms with van der Waals surface area (Å²) in [6, 6.07) is 6.12. The molecule has 2 fully saturated rings. The quantitative estimate of drug-likeness (QED) is 0.849. The maximum atomic E-state index is 12.3. The Morgan fingerprint density at radius 3 is 2.95 bits per heavy atom. The fourth-order valence-corrected chi connectivity index (χ4v) is 4.65. The van der Waals surface area contributed by atoms with E-state index in [1.54, 1.807) is 24.3 Å². The molecule has 1 aliphatic heterocycles. The molecule has 2 aliphatic rings. The molecule has 1 aromatic carbocycles. The van der Waals surface area contributed by atoms with Crippen molar-refractivity contribution in [1.29, 1.82) is 0 Å². The van der Waals surface area contributed by atoms with Crippen molar-refractivity contribution in [1.82, 2.24) is 4.72 Å². The highest BCUT2D eigenvalue weighted by Crippen LogP contribution is 2.38. The van der Waals surface area contributed by atoms with Gasteiger partial charge >= 0.3 is 0 Å². The first kappa shape index (κ1) is 13.5. The summed E-state index contributed by atoms with van der Waals surface area (Å²) in [5, 5.41) is 0. The van der Waals surface area contributed by atoms with Gasteiger partial charge in [0, 0.05) is 23.0 Å². The van der Waals surface area contributed by atoms with Crippen LogP contribution in [0.1, 0.15) is 6.42 Å². The van der Waals surface area contributed by atoms with E-state index in [4.69, 9.17) is 10.5 Å². The fraction of sp³-hybridized carbons (Fsp3) is 0.500. The molecule has 0 amide bonds. The smallest absolute Gasteiger partial charge is 0.241 e. The largest absolute Gasteiger partial charge is 0.376 e. The Bertz CT molecular complexity index is 592. The highest BCUT2D eigenvalue weighted by molar-refractivity contribution is 9.10. The minimum absolute atomic E-state index is 0.0723. The van der Waals surface area contributed by atoms with Crippen LogP contribution in [-0.2, 0) is 14.8 Å². The van der Waals surface area contributed by atoms with Crippen molar-refractivity contribution >= 4 is 26.0 Å². The molecule has 3 rings (SSSR count). The van der Waals surface area contributed by atoms with Gasteiger partial charge in [0.1, 0.15) is 0 Å². The van der Waals surface area contributed by atoms with E-state index < -0.39 is 10.0 Å². The Morgan fingerprint density at radius 1 is 1.42 bits per heavy atom. The van der Waals surface area contributed by atoms with Gasteiger partial charge in [-0.25, -0.2) is 13.1 Å². The molecule has 1 aromatic rings. The average molecular weight is 347 g/mol. The molecule has 0 bridgehead atoms. The molecule has 4 atom stereocenters. The van der Waals surface area contributed by atoms with Crippen LogP contribution in [0.25, 0.3) is 0 Å². The zero-order valence-electron chi connectivity index (χ0n) is 10.1. The molecule has 4 unspecified atom stereocenters. The average Bonchev–Trinajstić information content (AvgIpc) is 2.81. The molecule has 1 heterocycles. The Morgan fingerprint density at radius 2 is 2.21 bits per heavy atom. The van der Waals surface area contributed by atoms with Gasteiger partial charge in [0.25, 0.3) is 0 Å². The first-order valence-electron chi connectivity index (χ1n) is 6.14. The lowest BCUT2D eigenvalue weighted by molar-refractivity contribution is -0.00924. The highest BCUT2D eigenvalue weighted by atomic mass is 79.9. The van der Waals surface area contributed by atoms with E-state index >= 15 is 0 Å². The van der Waals surface area contributed by atoms with Gasteiger partial charge in [-0.15, -0.1) is 0 Å². The number of benzene rings is 1. The molecule has 104 valence electrons. The Kier molecular flexibility index (Phi) is 3.43. The number of ether oxygens (including phenoxy) is 1. The molecular formula is C12H15BrN2O3S. The molecule has 1 aliphatic carbocycles. The van der Waals surface area contributed by atoms with Gasteiger partial charge in [0.05, 0.1) is 17.0 Å². The van der Waals surface area contributed by atoms with Crippen LogP contribution >= 0.6 is 15.9 Å². The van der Waals surface area contributed by atoms with Gasteiger partial charge in [0.15, 0.2) is 0 Å². The normalized spacial score (nSPS) is 33.8. The number of sulfonamides is 1. The minimum Gasteiger partial charge on any atom is -0.376 e. The topological polar surface area (TPSA) is 81.4 Å². The maximum Gasteiger partial charge on any atom is 0.241 e. The van der Waals surface area contributed by atoms with Crippen molar-refractivity contribution in [3.63, 3.8) is 0 Å². The van der Waals surface area contributed by atoms with Crippen LogP contribution in [0.15, 0.2) is 33.6 Å². The summed E-state index contributed by atoms with van der Waals surface area (Å²) >= 11 is 3.27. The van der Waals surface area contributed by atoms with E-state index in [-0.39, 0.29) is 29.0 Å². The first-order valence-corrected chi connectivity index (χ1v) is 8.42. The molecular weight excluding hydrogens is 332 g/mol. The zero-order valence-corrected chi connectivity index (χ0v) is 12.5. The van der Waals surface area contributed by atoms with E-state index in [1.807, 2.05) is 0 Å². The molecule has 1 saturated carbocycles. The lowest BCUT2D eigenvalue weighted by atomic mass is 9.73. The van der Waals surface area contributed by atoms with Crippen molar-refractivity contribution < 1.29 is 13.2 Å². The second-order valence-corrected chi connectivity index (χ2v) is 7.60. The van der Waals surface area contributed by atoms with Gasteiger partial charge < -0.3 is 10.5 Å². The SMILES string of the molecule is NC1C2CCOC2C1NS(=O)(=O)c1cccc(Br)c1. The molecule has 7 heteroatoms. The summed E-state index contributed by atoms with van der Waals surface area (Å²) in [6.07, 6.45) is 0.845. The third-order valence-electron chi connectivity index (χ3n) is 3.84. The summed E-state index contributed by atoms with van der Waals surface area (Å²) in [5.74, 6) is 0.287. The molecule has 5 nitrogen and oxygen atoms in total. The summed E-state index contributed by atoms with van der Waals surface area (Å²) in [4.78, 5) is 0.232. The van der Waals surface area contributed by atoms with Crippen LogP contribution in [0.5, 0.6) is 0 Å². The van der Waals surface area contributed by atoms with E-state index in [1.165, 1.54) is 0 Å². The van der Waals surface area contributed by atoms with E-state index in [0.29, 0.717) is 6.61 Å². The molecule has 0 aromatic heterocycles. The van der Waals surface area contributed by atoms with Gasteiger partial charge in [-0.2, -0.15) is 0 Å². The Hall–Kier alpha value is -0.470. The summed E-state index contributed by atoms with van der Waals surface area (Å²) < 4.78 is 33.5. The fourth-order valence-electron chi connectivity index (χ4n) is 2.78. The number of nitrogens with one attached hydrogen (secondary N) is 1. The van der Waals surface area contributed by atoms with Gasteiger partial charge in [-0.05, 0) is 24.6 Å². The van der Waals surface area contributed by atoms with Crippen LogP contribution < -0.4 is 10.5 Å². The van der Waals surface area contributed by atoms with Gasteiger partial charge in [-0.3, -0.25) is 0 Å². The molecule has 0 spiro atoms. The number of halogens is 1. The van der Waals surface area contributed by atoms with Crippen molar-refractivity contribution in [2.45, 2.75) is 29.5 Å². The molecule has 1 saturated heterocycles. The van der Waals surface area contributed by atoms with Crippen LogP contribution in [0, 0.1) is 5.92 Å². The van der Waals surface area contributed by atoms with Crippen LogP contribution in [0.2, 0.25) is 0 Å². The minimum atomic E-state index is -3.55. The number of nitrogens with two attached hydrogens (primary N) is 1. The van der Waals surface area contributed by atoms with Crippen molar-refractivity contribution in [3.8, 4) is 0 Å². The lowest BCUT2D eigenvalue weighted by Crippen LogP contribution is -2.68. The van der Waals surface area contributed by atoms with Crippen molar-refractivity contribution in [2.24, 2.45) is 11.7 Å². The summed E-state index contributed by atoms with van der Waals surface area (Å²) in [7, 11) is -3.55. The van der Waals surface area contributed by atoms with Crippen LogP contribution in [-0.4, -0.2) is 33.2 Å². The third-order valence-corrected chi connectivity index (χ3v) is 5.79. The number of hydrogen-bond acceptors (Lipinski definition) is 4. The molecule has 0 radical (unpaired) electrons. The van der Waals surface area contributed by atoms with E-state index in [9.17, 15) is 8.42 Å². The Balaban J connectivity index is 1.79. The van der Waals surface area contributed by atoms with Crippen LogP contribution in [0.3, 0.4) is 0 Å².